The smallest absolute Gasteiger partial charge is 0.410 e. The molecule has 0 spiro atoms. The number of benzene rings is 2. The van der Waals surface area contributed by atoms with Gasteiger partial charge < -0.3 is 14.6 Å². The summed E-state index contributed by atoms with van der Waals surface area (Å²) in [6.07, 6.45) is 3.67. The number of carbonyl (C=O) groups excluding carboxylic acids is 1. The van der Waals surface area contributed by atoms with Crippen LogP contribution in [-0.2, 0) is 15.1 Å². The van der Waals surface area contributed by atoms with Crippen LogP contribution >= 0.6 is 0 Å². The zero-order valence-corrected chi connectivity index (χ0v) is 19.7. The lowest BCUT2D eigenvalue weighted by molar-refractivity contribution is -0.138. The fourth-order valence-corrected chi connectivity index (χ4v) is 6.30. The van der Waals surface area contributed by atoms with E-state index < -0.39 is 5.60 Å². The van der Waals surface area contributed by atoms with Crippen molar-refractivity contribution in [3.63, 3.8) is 0 Å². The number of aromatic nitrogens is 3. The molecule has 36 heavy (non-hydrogen) atoms. The molecule has 2 bridgehead atoms. The molecule has 4 aromatic rings. The first-order valence-corrected chi connectivity index (χ1v) is 12.3. The molecule has 2 atom stereocenters. The number of piperidine rings is 1. The van der Waals surface area contributed by atoms with Crippen molar-refractivity contribution >= 4 is 11.7 Å². The molecular weight excluding hydrogens is 456 g/mol. The van der Waals surface area contributed by atoms with Crippen molar-refractivity contribution in [1.82, 2.24) is 19.5 Å². The molecule has 1 aliphatic carbocycles. The minimum absolute atomic E-state index is 0.00314. The molecule has 0 radical (unpaired) electrons. The van der Waals surface area contributed by atoms with Crippen LogP contribution in [0.1, 0.15) is 35.6 Å². The van der Waals surface area contributed by atoms with Gasteiger partial charge in [0.15, 0.2) is 5.65 Å². The second-order valence-corrected chi connectivity index (χ2v) is 9.93. The molecule has 0 saturated carbocycles. The van der Waals surface area contributed by atoms with E-state index >= 15 is 0 Å². The highest BCUT2D eigenvalue weighted by Gasteiger charge is 2.51. The first-order valence-electron chi connectivity index (χ1n) is 12.3. The Morgan fingerprint density at radius 3 is 2.36 bits per heavy atom. The Morgan fingerprint density at radius 2 is 1.67 bits per heavy atom. The third-order valence-corrected chi connectivity index (χ3v) is 7.86. The monoisotopic (exact) mass is 482 g/mol. The topological polar surface area (TPSA) is 89.2 Å². The zero-order chi connectivity index (χ0) is 24.3. The van der Waals surface area contributed by atoms with Crippen molar-refractivity contribution in [3.05, 3.63) is 89.9 Å². The number of rotatable bonds is 3. The summed E-state index contributed by atoms with van der Waals surface area (Å²) in [5.74, 6) is 0.00314. The van der Waals surface area contributed by atoms with Crippen LogP contribution in [0.25, 0.3) is 16.8 Å². The Morgan fingerprint density at radius 1 is 1.00 bits per heavy atom. The molecule has 2 aliphatic heterocycles. The number of ether oxygens (including phenoxy) is 2. The van der Waals surface area contributed by atoms with E-state index in [9.17, 15) is 9.90 Å². The second-order valence-electron chi connectivity index (χ2n) is 9.93. The molecule has 2 fully saturated rings. The number of aliphatic hydroxyl groups is 1. The molecule has 182 valence electrons. The summed E-state index contributed by atoms with van der Waals surface area (Å²) in [5.41, 5.74) is 4.93. The summed E-state index contributed by atoms with van der Waals surface area (Å²) in [5, 5.41) is 16.1. The van der Waals surface area contributed by atoms with Gasteiger partial charge in [-0.25, -0.2) is 14.3 Å². The number of amides is 1. The number of hydrogen-bond acceptors (Lipinski definition) is 6. The summed E-state index contributed by atoms with van der Waals surface area (Å²) in [6.45, 7) is 0.978. The molecular formula is C28H26N4O4. The maximum atomic E-state index is 13.4. The molecule has 8 heteroatoms. The fraction of sp³-hybridized carbons (Fsp3) is 0.321. The number of hydrogen-bond donors (Lipinski definition) is 1. The summed E-state index contributed by atoms with van der Waals surface area (Å²) in [4.78, 5) is 19.6. The quantitative estimate of drug-likeness (QED) is 0.479. The van der Waals surface area contributed by atoms with Crippen molar-refractivity contribution in [3.8, 4) is 11.1 Å². The molecule has 2 aromatic heterocycles. The van der Waals surface area contributed by atoms with Gasteiger partial charge in [0.05, 0.1) is 37.2 Å². The molecule has 1 amide bonds. The van der Waals surface area contributed by atoms with Crippen LogP contribution in [0.4, 0.5) is 4.79 Å². The molecule has 8 nitrogen and oxygen atoms in total. The predicted molar refractivity (Wildman–Crippen MR) is 131 cm³/mol. The van der Waals surface area contributed by atoms with E-state index in [2.05, 4.69) is 34.3 Å². The van der Waals surface area contributed by atoms with Crippen LogP contribution in [0.15, 0.2) is 73.1 Å². The minimum atomic E-state index is -1.16. The molecule has 1 N–H and O–H groups in total. The van der Waals surface area contributed by atoms with Gasteiger partial charge in [-0.1, -0.05) is 48.5 Å². The number of imidazole rings is 1. The Hall–Kier alpha value is -3.75. The number of fused-ring (bicyclic) bond motifs is 6. The highest BCUT2D eigenvalue weighted by atomic mass is 16.6. The van der Waals surface area contributed by atoms with Gasteiger partial charge in [0, 0.05) is 25.0 Å². The predicted octanol–water partition coefficient (Wildman–Crippen LogP) is 3.73. The maximum absolute atomic E-state index is 13.4. The van der Waals surface area contributed by atoms with Crippen molar-refractivity contribution in [1.29, 1.82) is 0 Å². The van der Waals surface area contributed by atoms with Gasteiger partial charge in [-0.2, -0.15) is 5.10 Å². The van der Waals surface area contributed by atoms with Crippen molar-refractivity contribution in [2.75, 3.05) is 19.8 Å². The standard InChI is InChI=1S/C28H26N4O4/c33-27(36-17-24-22-8-3-1-6-20(22)21-7-2-4-9-23(21)24)31-18-12-28(34,13-19(31)16-35-15-18)25-14-29-26-10-5-11-30-32(25)26/h1-11,14,18-19,24,34H,12-13,15-17H2. The van der Waals surface area contributed by atoms with E-state index in [0.29, 0.717) is 37.4 Å². The Bertz CT molecular complexity index is 1410. The maximum Gasteiger partial charge on any atom is 0.410 e. The SMILES string of the molecule is O=C(OCC1c2ccccc2-c2ccccc21)N1C2COCC1CC(O)(c1cnc3cccnn13)C2. The van der Waals surface area contributed by atoms with Gasteiger partial charge in [-0.15, -0.1) is 0 Å². The highest BCUT2D eigenvalue weighted by Crippen LogP contribution is 2.45. The normalized spacial score (nSPS) is 25.0. The molecule has 3 aliphatic rings. The zero-order valence-electron chi connectivity index (χ0n) is 19.7. The van der Waals surface area contributed by atoms with Crippen LogP contribution in [0.3, 0.4) is 0 Å². The van der Waals surface area contributed by atoms with Gasteiger partial charge in [0.25, 0.3) is 0 Å². The van der Waals surface area contributed by atoms with Crippen LogP contribution in [0.2, 0.25) is 0 Å². The summed E-state index contributed by atoms with van der Waals surface area (Å²) < 4.78 is 13.4. The molecule has 7 rings (SSSR count). The summed E-state index contributed by atoms with van der Waals surface area (Å²) in [7, 11) is 0. The third kappa shape index (κ3) is 3.25. The number of nitrogens with zero attached hydrogens (tertiary/aromatic N) is 4. The molecule has 4 heterocycles. The average molecular weight is 483 g/mol. The summed E-state index contributed by atoms with van der Waals surface area (Å²) >= 11 is 0. The number of morpholine rings is 1. The van der Waals surface area contributed by atoms with Crippen molar-refractivity contribution < 1.29 is 19.4 Å². The fourth-order valence-electron chi connectivity index (χ4n) is 6.30. The first kappa shape index (κ1) is 21.5. The van der Waals surface area contributed by atoms with E-state index in [1.807, 2.05) is 36.4 Å². The largest absolute Gasteiger partial charge is 0.448 e. The van der Waals surface area contributed by atoms with Crippen molar-refractivity contribution in [2.24, 2.45) is 0 Å². The lowest BCUT2D eigenvalue weighted by Gasteiger charge is -2.50. The molecule has 2 unspecified atom stereocenters. The lowest BCUT2D eigenvalue weighted by Crippen LogP contribution is -2.62. The third-order valence-electron chi connectivity index (χ3n) is 7.86. The minimum Gasteiger partial charge on any atom is -0.448 e. The van der Waals surface area contributed by atoms with E-state index in [-0.39, 0.29) is 30.7 Å². The number of carbonyl (C=O) groups is 1. The van der Waals surface area contributed by atoms with Crippen LogP contribution in [0, 0.1) is 0 Å². The van der Waals surface area contributed by atoms with Crippen molar-refractivity contribution in [2.45, 2.75) is 36.4 Å². The van der Waals surface area contributed by atoms with E-state index in [1.54, 1.807) is 21.8 Å². The Kier molecular flexibility index (Phi) is 4.87. The van der Waals surface area contributed by atoms with Crippen LogP contribution in [0.5, 0.6) is 0 Å². The first-order chi connectivity index (χ1) is 17.6. The molecule has 2 aromatic carbocycles. The van der Waals surface area contributed by atoms with Gasteiger partial charge in [0.1, 0.15) is 12.2 Å². The van der Waals surface area contributed by atoms with Crippen LogP contribution in [-0.4, -0.2) is 62.6 Å². The average Bonchev–Trinajstić information content (AvgIpc) is 3.47. The van der Waals surface area contributed by atoms with Gasteiger partial charge in [0.2, 0.25) is 0 Å². The Balaban J connectivity index is 1.12. The van der Waals surface area contributed by atoms with Crippen LogP contribution < -0.4 is 0 Å². The lowest BCUT2D eigenvalue weighted by atomic mass is 9.79. The Labute approximate surface area is 208 Å². The summed E-state index contributed by atoms with van der Waals surface area (Å²) in [6, 6.07) is 19.7. The second kappa shape index (κ2) is 8.15. The van der Waals surface area contributed by atoms with Gasteiger partial charge in [-0.05, 0) is 34.4 Å². The highest BCUT2D eigenvalue weighted by molar-refractivity contribution is 5.79. The van der Waals surface area contributed by atoms with Gasteiger partial charge in [-0.3, -0.25) is 4.90 Å². The van der Waals surface area contributed by atoms with Gasteiger partial charge >= 0.3 is 6.09 Å². The molecule has 2 saturated heterocycles. The van der Waals surface area contributed by atoms with E-state index in [1.165, 1.54) is 22.3 Å². The van der Waals surface area contributed by atoms with E-state index in [4.69, 9.17) is 9.47 Å². The van der Waals surface area contributed by atoms with E-state index in [0.717, 1.165) is 0 Å².